The van der Waals surface area contributed by atoms with Gasteiger partial charge in [-0.15, -0.1) is 0 Å². The van der Waals surface area contributed by atoms with E-state index in [0.29, 0.717) is 22.2 Å². The van der Waals surface area contributed by atoms with Gasteiger partial charge in [-0.1, -0.05) is 23.2 Å². The van der Waals surface area contributed by atoms with Crippen molar-refractivity contribution in [1.29, 1.82) is 0 Å². The molecule has 1 amide bonds. The molecule has 2 rings (SSSR count). The van der Waals surface area contributed by atoms with Gasteiger partial charge in [0.25, 0.3) is 5.91 Å². The smallest absolute Gasteiger partial charge is 0.251 e. The Morgan fingerprint density at radius 3 is 2.84 bits per heavy atom. The molecular formula is C13H13Cl2N3O. The van der Waals surface area contributed by atoms with Crippen molar-refractivity contribution in [2.45, 2.75) is 12.8 Å². The van der Waals surface area contributed by atoms with Crippen LogP contribution in [0.15, 0.2) is 30.6 Å². The fourth-order valence-electron chi connectivity index (χ4n) is 1.63. The Hall–Kier alpha value is -1.52. The molecule has 0 aliphatic heterocycles. The number of hydrogen-bond donors (Lipinski definition) is 2. The van der Waals surface area contributed by atoms with Gasteiger partial charge in [0.05, 0.1) is 10.0 Å². The van der Waals surface area contributed by atoms with Gasteiger partial charge in [0.1, 0.15) is 5.82 Å². The number of hydrogen-bond acceptors (Lipinski definition) is 2. The predicted molar refractivity (Wildman–Crippen MR) is 75.7 cm³/mol. The molecular weight excluding hydrogens is 285 g/mol. The minimum Gasteiger partial charge on any atom is -0.352 e. The van der Waals surface area contributed by atoms with E-state index in [1.54, 1.807) is 30.6 Å². The number of carbonyl (C=O) groups is 1. The van der Waals surface area contributed by atoms with Crippen molar-refractivity contribution in [2.75, 3.05) is 6.54 Å². The number of aromatic nitrogens is 2. The number of carbonyl (C=O) groups excluding carboxylic acids is 1. The molecule has 0 aliphatic rings. The van der Waals surface area contributed by atoms with E-state index >= 15 is 0 Å². The molecule has 0 bridgehead atoms. The average molecular weight is 298 g/mol. The first-order chi connectivity index (χ1) is 9.16. The van der Waals surface area contributed by atoms with Gasteiger partial charge in [0.15, 0.2) is 0 Å². The Balaban J connectivity index is 1.79. The minimum atomic E-state index is -0.155. The van der Waals surface area contributed by atoms with Crippen LogP contribution in [-0.4, -0.2) is 22.4 Å². The second-order valence-corrected chi connectivity index (χ2v) is 4.84. The van der Waals surface area contributed by atoms with Gasteiger partial charge in [-0.2, -0.15) is 0 Å². The zero-order valence-electron chi connectivity index (χ0n) is 10.1. The van der Waals surface area contributed by atoms with E-state index in [0.717, 1.165) is 18.7 Å². The Bertz CT molecular complexity index is 555. The molecule has 0 spiro atoms. The van der Waals surface area contributed by atoms with Crippen molar-refractivity contribution in [1.82, 2.24) is 15.3 Å². The number of H-pyrrole nitrogens is 1. The number of nitrogens with one attached hydrogen (secondary N) is 2. The van der Waals surface area contributed by atoms with E-state index in [1.807, 2.05) is 0 Å². The van der Waals surface area contributed by atoms with Crippen molar-refractivity contribution in [3.8, 4) is 0 Å². The van der Waals surface area contributed by atoms with E-state index < -0.39 is 0 Å². The van der Waals surface area contributed by atoms with Crippen molar-refractivity contribution >= 4 is 29.1 Å². The summed E-state index contributed by atoms with van der Waals surface area (Å²) in [5.41, 5.74) is 0.507. The van der Waals surface area contributed by atoms with Crippen LogP contribution in [-0.2, 0) is 6.42 Å². The van der Waals surface area contributed by atoms with Crippen molar-refractivity contribution in [3.05, 3.63) is 52.0 Å². The lowest BCUT2D eigenvalue weighted by Gasteiger charge is -2.05. The highest BCUT2D eigenvalue weighted by molar-refractivity contribution is 6.42. The Morgan fingerprint density at radius 1 is 1.32 bits per heavy atom. The summed E-state index contributed by atoms with van der Waals surface area (Å²) in [6.07, 6.45) is 5.11. The van der Waals surface area contributed by atoms with Gasteiger partial charge in [0.2, 0.25) is 0 Å². The molecule has 1 aromatic carbocycles. The van der Waals surface area contributed by atoms with E-state index in [9.17, 15) is 4.79 Å². The second-order valence-electron chi connectivity index (χ2n) is 4.02. The first kappa shape index (κ1) is 13.9. The Morgan fingerprint density at radius 2 is 2.16 bits per heavy atom. The molecule has 1 heterocycles. The van der Waals surface area contributed by atoms with Crippen LogP contribution in [0.1, 0.15) is 22.6 Å². The first-order valence-corrected chi connectivity index (χ1v) is 6.64. The highest BCUT2D eigenvalue weighted by Crippen LogP contribution is 2.22. The lowest BCUT2D eigenvalue weighted by atomic mass is 10.2. The van der Waals surface area contributed by atoms with Gasteiger partial charge in [-0.3, -0.25) is 4.79 Å². The Kier molecular flexibility index (Phi) is 4.82. The van der Waals surface area contributed by atoms with Gasteiger partial charge in [0, 0.05) is 30.9 Å². The van der Waals surface area contributed by atoms with E-state index in [4.69, 9.17) is 23.2 Å². The molecule has 0 aliphatic carbocycles. The second kappa shape index (κ2) is 6.59. The molecule has 1 aromatic heterocycles. The summed E-state index contributed by atoms with van der Waals surface area (Å²) in [6.45, 7) is 0.583. The summed E-state index contributed by atoms with van der Waals surface area (Å²) in [5, 5.41) is 3.65. The molecule has 6 heteroatoms. The van der Waals surface area contributed by atoms with E-state index in [2.05, 4.69) is 15.3 Å². The van der Waals surface area contributed by atoms with Crippen LogP contribution in [0.2, 0.25) is 10.0 Å². The lowest BCUT2D eigenvalue weighted by molar-refractivity contribution is 0.0953. The number of aromatic amines is 1. The third-order valence-electron chi connectivity index (χ3n) is 2.61. The van der Waals surface area contributed by atoms with Crippen molar-refractivity contribution < 1.29 is 4.79 Å². The van der Waals surface area contributed by atoms with Crippen LogP contribution in [0.25, 0.3) is 0 Å². The summed E-state index contributed by atoms with van der Waals surface area (Å²) < 4.78 is 0. The minimum absolute atomic E-state index is 0.155. The van der Waals surface area contributed by atoms with Gasteiger partial charge < -0.3 is 10.3 Å². The van der Waals surface area contributed by atoms with Crippen LogP contribution < -0.4 is 5.32 Å². The summed E-state index contributed by atoms with van der Waals surface area (Å²) in [6, 6.07) is 4.82. The number of benzene rings is 1. The molecule has 19 heavy (non-hydrogen) atoms. The Labute approximate surface area is 121 Å². The van der Waals surface area contributed by atoms with Gasteiger partial charge in [-0.05, 0) is 24.6 Å². The molecule has 0 unspecified atom stereocenters. The largest absolute Gasteiger partial charge is 0.352 e. The summed E-state index contributed by atoms with van der Waals surface area (Å²) >= 11 is 11.7. The number of aryl methyl sites for hydroxylation is 1. The fourth-order valence-corrected chi connectivity index (χ4v) is 1.93. The van der Waals surface area contributed by atoms with Crippen molar-refractivity contribution in [3.63, 3.8) is 0 Å². The standard InChI is InChI=1S/C13H13Cl2N3O/c14-10-4-3-9(8-11(10)15)13(19)18-5-1-2-12-16-6-7-17-12/h3-4,6-8H,1-2,5H2,(H,16,17)(H,18,19). The number of imidazole rings is 1. The highest BCUT2D eigenvalue weighted by atomic mass is 35.5. The third-order valence-corrected chi connectivity index (χ3v) is 3.35. The number of rotatable bonds is 5. The van der Waals surface area contributed by atoms with Crippen LogP contribution in [0, 0.1) is 0 Å². The maximum Gasteiger partial charge on any atom is 0.251 e. The number of amides is 1. The molecule has 0 saturated heterocycles. The topological polar surface area (TPSA) is 57.8 Å². The van der Waals surface area contributed by atoms with Crippen LogP contribution in [0.4, 0.5) is 0 Å². The monoisotopic (exact) mass is 297 g/mol. The molecule has 0 saturated carbocycles. The normalized spacial score (nSPS) is 10.4. The first-order valence-electron chi connectivity index (χ1n) is 5.88. The van der Waals surface area contributed by atoms with E-state index in [1.165, 1.54) is 0 Å². The fraction of sp³-hybridized carbons (Fsp3) is 0.231. The van der Waals surface area contributed by atoms with Crippen molar-refractivity contribution in [2.24, 2.45) is 0 Å². The maximum absolute atomic E-state index is 11.8. The summed E-state index contributed by atoms with van der Waals surface area (Å²) in [5.74, 6) is 0.766. The maximum atomic E-state index is 11.8. The number of nitrogens with zero attached hydrogens (tertiary/aromatic N) is 1. The molecule has 4 nitrogen and oxygen atoms in total. The third kappa shape index (κ3) is 3.98. The average Bonchev–Trinajstić information content (AvgIpc) is 2.91. The quantitative estimate of drug-likeness (QED) is 0.833. The zero-order valence-corrected chi connectivity index (χ0v) is 11.6. The summed E-state index contributed by atoms with van der Waals surface area (Å²) in [7, 11) is 0. The predicted octanol–water partition coefficient (Wildman–Crippen LogP) is 3.08. The highest BCUT2D eigenvalue weighted by Gasteiger charge is 2.07. The molecule has 0 fully saturated rings. The number of halogens is 2. The van der Waals surface area contributed by atoms with E-state index in [-0.39, 0.29) is 5.91 Å². The SMILES string of the molecule is O=C(NCCCc1ncc[nH]1)c1ccc(Cl)c(Cl)c1. The van der Waals surface area contributed by atoms with Crippen LogP contribution in [0.3, 0.4) is 0 Å². The lowest BCUT2D eigenvalue weighted by Crippen LogP contribution is -2.24. The molecule has 2 N–H and O–H groups in total. The molecule has 0 radical (unpaired) electrons. The molecule has 0 atom stereocenters. The van der Waals surface area contributed by atoms with Crippen LogP contribution >= 0.6 is 23.2 Å². The van der Waals surface area contributed by atoms with Gasteiger partial charge >= 0.3 is 0 Å². The molecule has 2 aromatic rings. The summed E-state index contributed by atoms with van der Waals surface area (Å²) in [4.78, 5) is 19.0. The van der Waals surface area contributed by atoms with Crippen LogP contribution in [0.5, 0.6) is 0 Å². The molecule has 100 valence electrons. The zero-order chi connectivity index (χ0) is 13.7. The van der Waals surface area contributed by atoms with Gasteiger partial charge in [-0.25, -0.2) is 4.98 Å².